The molecule has 114 heavy (non-hydrogen) atoms. The lowest BCUT2D eigenvalue weighted by Gasteiger charge is -2.18. The molecule has 3 aliphatic carbocycles. The Balaban J connectivity index is 0.000000163. The molecule has 0 spiro atoms. The molecule has 1 unspecified atom stereocenters. The predicted octanol–water partition coefficient (Wildman–Crippen LogP) is 18.3. The summed E-state index contributed by atoms with van der Waals surface area (Å²) in [5.41, 5.74) is 8.69. The maximum Gasteiger partial charge on any atom is 0.340 e. The molecule has 4 saturated heterocycles. The average Bonchev–Trinajstić information content (AvgIpc) is 1.62. The second-order valence-corrected chi connectivity index (χ2v) is 46.2. The Morgan fingerprint density at radius 3 is 1.34 bits per heavy atom. The molecular formula is C65H86BrCl10F4N15O15P4. The Morgan fingerprint density at radius 1 is 0.553 bits per heavy atom. The van der Waals surface area contributed by atoms with Crippen molar-refractivity contribution in [2.24, 2.45) is 17.6 Å². The molecule has 15 rings (SSSR count). The van der Waals surface area contributed by atoms with Gasteiger partial charge in [0.2, 0.25) is 0 Å². The number of alkyl halides is 5. The number of aliphatic hydroxyl groups excluding tert-OH is 3. The lowest BCUT2D eigenvalue weighted by atomic mass is 10.00. The third kappa shape index (κ3) is 25.9. The van der Waals surface area contributed by atoms with Gasteiger partial charge in [-0.15, -0.1) is 0 Å². The van der Waals surface area contributed by atoms with E-state index >= 15 is 0 Å². The number of nitrogens with zero attached hydrogens (tertiary/aromatic N) is 11. The van der Waals surface area contributed by atoms with E-state index in [1.807, 2.05) is 27.7 Å². The van der Waals surface area contributed by atoms with E-state index in [0.717, 1.165) is 67.1 Å². The number of halogens is 15. The number of aromatic nitrogens is 12. The normalized spacial score (nSPS) is 27.9. The smallest absolute Gasteiger partial charge is 0.340 e. The number of aliphatic hydroxyl groups is 3. The molecular weight excluding hydrogens is 1870 g/mol. The highest BCUT2D eigenvalue weighted by Crippen LogP contribution is 2.72. The second kappa shape index (κ2) is 42.1. The van der Waals surface area contributed by atoms with Crippen LogP contribution < -0.4 is 16.4 Å². The highest BCUT2D eigenvalue weighted by atomic mass is 79.9. The standard InChI is InChI=1S/C17H24ClFN4O8P2.C16H20ClFN4O3.C13H14Cl2FN3O.C7H12BrFO.C6H3Cl2N3.C5H11N.CH2Cl4O2P2/c18-13-5-11(21-9-3-1-2-4-9)10-6-20-23(16(10)22-13)17-14(19)15(24)12(31-17)7-30-33(28,29)8-32(25,26)27;17-12-5-10(20-8-3-1-2-4-8)9-6-19-22(15(9)21-12)16-13(18)14(24)11(7-23)25-16;1-3-9-6(2)11(16)13(20-9)19-12-7(5-17-19)8(14)4-10(15)18-12;1-3-5-4(2)6(9)7(8)10-5;7-4-1-5(8)10-6-3(4)2-9-11-6;6-5-3-1-2-4-5;2-8(3,6)1-9(4,5)7/h5-6,9,12,14-15,17,24H,1-4,7-8H2,(H,21,22)(H,28,29)(H2,25,26,27);5-6,8,11,13-14,16,23-24H,1-4,7H2,(H,20,21);4-6,9,11,13H,3H2,1-2H3;4-7H,3H2,1-2H3;1-2H,(H,9,10,11);5H,1-4,6H2;1H2/t12-,14+,15-,17-;11-,13+,14-,16-;6-,9-,11+,13-;4-,5-,6+,7+;;;/m1111.../s1. The first-order valence-electron chi connectivity index (χ1n) is 36.1. The van der Waals surface area contributed by atoms with Crippen molar-refractivity contribution >= 4 is 213 Å². The van der Waals surface area contributed by atoms with Gasteiger partial charge in [-0.05, 0) is 121 Å². The average molecular weight is 1950 g/mol. The Labute approximate surface area is 709 Å². The zero-order chi connectivity index (χ0) is 83.6. The first kappa shape index (κ1) is 95.5. The molecule has 49 heteroatoms. The number of rotatable bonds is 17. The maximum atomic E-state index is 14.9. The summed E-state index contributed by atoms with van der Waals surface area (Å²) in [6, 6.07) is 7.71. The molecule has 3 saturated carbocycles. The van der Waals surface area contributed by atoms with Crippen LogP contribution >= 0.6 is 157 Å². The Hall–Kier alpha value is -2.38. The Kier molecular flexibility index (Phi) is 35.3. The maximum absolute atomic E-state index is 14.9. The van der Waals surface area contributed by atoms with Crippen molar-refractivity contribution in [2.75, 3.05) is 35.7 Å². The van der Waals surface area contributed by atoms with Gasteiger partial charge in [-0.2, -0.15) is 20.4 Å². The van der Waals surface area contributed by atoms with Gasteiger partial charge >= 0.3 is 15.2 Å². The van der Waals surface area contributed by atoms with E-state index in [9.17, 15) is 56.0 Å². The molecule has 4 aliphatic heterocycles. The lowest BCUT2D eigenvalue weighted by molar-refractivity contribution is -0.0505. The minimum Gasteiger partial charge on any atom is -0.394 e. The molecule has 17 atom stereocenters. The quantitative estimate of drug-likeness (QED) is 0.0175. The van der Waals surface area contributed by atoms with Gasteiger partial charge in [-0.25, -0.2) is 51.5 Å². The summed E-state index contributed by atoms with van der Waals surface area (Å²) in [7, 11) is -9.53. The highest BCUT2D eigenvalue weighted by Gasteiger charge is 2.49. The minimum absolute atomic E-state index is 0.0365. The molecule has 8 aromatic heterocycles. The van der Waals surface area contributed by atoms with E-state index in [0.29, 0.717) is 66.1 Å². The molecule has 0 amide bonds. The third-order valence-corrected chi connectivity index (χ3v) is 31.5. The number of ether oxygens (including phenoxy) is 4. The number of anilines is 2. The number of hydrogen-bond donors (Lipinski definition) is 10. The molecule has 0 radical (unpaired) electrons. The summed E-state index contributed by atoms with van der Waals surface area (Å²) < 4.78 is 131. The summed E-state index contributed by atoms with van der Waals surface area (Å²) in [6.07, 6.45) is 7.34. The van der Waals surface area contributed by atoms with Crippen molar-refractivity contribution in [3.05, 3.63) is 79.7 Å². The molecule has 636 valence electrons. The van der Waals surface area contributed by atoms with E-state index in [1.54, 1.807) is 36.8 Å². The largest absolute Gasteiger partial charge is 0.394 e. The van der Waals surface area contributed by atoms with Crippen LogP contribution in [0.25, 0.3) is 44.1 Å². The predicted molar refractivity (Wildman–Crippen MR) is 438 cm³/mol. The number of hydrogen-bond acceptors (Lipinski definition) is 23. The van der Waals surface area contributed by atoms with Gasteiger partial charge in [0.05, 0.1) is 93.2 Å². The second-order valence-electron chi connectivity index (χ2n) is 28.0. The number of H-pyrrole nitrogens is 1. The topological polar surface area (TPSA) is 420 Å². The molecule has 7 aliphatic rings. The van der Waals surface area contributed by atoms with Crippen LogP contribution in [0.3, 0.4) is 0 Å². The lowest BCUT2D eigenvalue weighted by Crippen LogP contribution is -2.31. The third-order valence-electron chi connectivity index (χ3n) is 19.5. The van der Waals surface area contributed by atoms with Crippen LogP contribution in [-0.4, -0.2) is 199 Å². The number of aromatic amines is 1. The van der Waals surface area contributed by atoms with Crippen LogP contribution in [0.4, 0.5) is 28.9 Å². The minimum atomic E-state index is -4.83. The van der Waals surface area contributed by atoms with Gasteiger partial charge in [0.25, 0.3) is 11.7 Å². The molecule has 8 aromatic rings. The molecule has 0 aromatic carbocycles. The Bertz CT molecular complexity index is 4690. The fourth-order valence-electron chi connectivity index (χ4n) is 13.6. The van der Waals surface area contributed by atoms with Crippen LogP contribution in [0.1, 0.15) is 136 Å². The fourth-order valence-corrected chi connectivity index (χ4v) is 27.3. The number of nitrogens with two attached hydrogens (primary N) is 1. The van der Waals surface area contributed by atoms with E-state index in [2.05, 4.69) is 76.5 Å². The van der Waals surface area contributed by atoms with Crippen molar-refractivity contribution in [1.82, 2.24) is 59.5 Å². The summed E-state index contributed by atoms with van der Waals surface area (Å²) in [4.78, 5) is 44.0. The number of pyridine rings is 4. The van der Waals surface area contributed by atoms with Gasteiger partial charge in [-0.3, -0.25) is 23.4 Å². The van der Waals surface area contributed by atoms with Gasteiger partial charge in [0, 0.05) is 30.0 Å². The van der Waals surface area contributed by atoms with E-state index in [-0.39, 0.29) is 56.2 Å². The van der Waals surface area contributed by atoms with Gasteiger partial charge in [-0.1, -0.05) is 152 Å². The van der Waals surface area contributed by atoms with Crippen LogP contribution in [0.15, 0.2) is 49.1 Å². The van der Waals surface area contributed by atoms with Gasteiger partial charge in [0.15, 0.2) is 65.7 Å². The van der Waals surface area contributed by atoms with Crippen molar-refractivity contribution in [3.8, 4) is 0 Å². The highest BCUT2D eigenvalue weighted by molar-refractivity contribution is 9.09. The van der Waals surface area contributed by atoms with Crippen LogP contribution in [0, 0.1) is 11.8 Å². The van der Waals surface area contributed by atoms with Gasteiger partial charge < -0.3 is 69.8 Å². The zero-order valence-corrected chi connectivity index (χ0v) is 73.9. The summed E-state index contributed by atoms with van der Waals surface area (Å²) in [5, 5.41) is 59.5. The number of nitrogens with one attached hydrogen (secondary N) is 3. The summed E-state index contributed by atoms with van der Waals surface area (Å²) in [6.45, 7) is 6.48. The van der Waals surface area contributed by atoms with Crippen LogP contribution in [-0.2, 0) is 41.7 Å². The van der Waals surface area contributed by atoms with Crippen LogP contribution in [0.5, 0.6) is 0 Å². The molecule has 12 heterocycles. The van der Waals surface area contributed by atoms with E-state index < -0.39 is 120 Å². The molecule has 11 N–H and O–H groups in total. The first-order chi connectivity index (χ1) is 53.6. The summed E-state index contributed by atoms with van der Waals surface area (Å²) in [5.74, 6) is -8.83. The number of fused-ring (bicyclic) bond motifs is 4. The van der Waals surface area contributed by atoms with Crippen molar-refractivity contribution in [3.63, 3.8) is 0 Å². The van der Waals surface area contributed by atoms with E-state index in [1.165, 1.54) is 60.2 Å². The molecule has 7 fully saturated rings. The van der Waals surface area contributed by atoms with E-state index in [4.69, 9.17) is 149 Å². The fraction of sp³-hybridized carbons (Fsp3) is 0.631. The zero-order valence-electron chi connectivity index (χ0n) is 61.1. The Morgan fingerprint density at radius 2 is 0.947 bits per heavy atom. The SMILES string of the molecule is CC[C@H]1O[C@@H](n2ncc3c(Cl)cc(Cl)nc32)[C@@H](F)[C@@H]1C.CC[C@H]1O[C@H](Br)[C@@H](F)[C@@H]1C.Clc1cc(Cl)c2cn[nH]c2n1.NC1CCCC1.O=P(Cl)(Cl)CP(=O)(Cl)Cl.O=P(O)(O)CP(=O)(O)OC[C@H]1O[C@@H](n2ncc3c(NC4CCCC4)cc(Cl)nc32)[C@@H](F)[C@@H]1O.OC[C@H]1O[C@@H](n2ncc3c(NC4CCCC4)cc(Cl)nc32)[C@@H](F)[C@@H]1O. The monoisotopic (exact) mass is 1950 g/mol. The van der Waals surface area contributed by atoms with Crippen molar-refractivity contribution < 1.29 is 89.3 Å². The van der Waals surface area contributed by atoms with Crippen molar-refractivity contribution in [1.29, 1.82) is 0 Å². The van der Waals surface area contributed by atoms with Gasteiger partial charge in [0.1, 0.15) is 62.1 Å². The molecule has 0 bridgehead atoms. The first-order valence-corrected chi connectivity index (χ1v) is 50.2. The van der Waals surface area contributed by atoms with Crippen molar-refractivity contribution in [2.45, 2.75) is 221 Å². The molecule has 30 nitrogen and oxygen atoms in total. The van der Waals surface area contributed by atoms with Crippen LogP contribution in [0.2, 0.25) is 30.7 Å². The summed E-state index contributed by atoms with van der Waals surface area (Å²) >= 11 is 58.9.